The van der Waals surface area contributed by atoms with E-state index in [-0.39, 0.29) is 25.2 Å². The smallest absolute Gasteiger partial charge is 0.305 e. The second-order valence-corrected chi connectivity index (χ2v) is 12.0. The van der Waals surface area contributed by atoms with Gasteiger partial charge < -0.3 is 14.6 Å². The van der Waals surface area contributed by atoms with Crippen LogP contribution in [0.4, 0.5) is 0 Å². The van der Waals surface area contributed by atoms with Crippen LogP contribution in [0.5, 0.6) is 0 Å². The van der Waals surface area contributed by atoms with Crippen molar-refractivity contribution in [1.29, 1.82) is 0 Å². The van der Waals surface area contributed by atoms with Gasteiger partial charge in [0.1, 0.15) is 0 Å². The lowest BCUT2D eigenvalue weighted by molar-refractivity contribution is -0.146. The second-order valence-electron chi connectivity index (χ2n) is 12.0. The predicted octanol–water partition coefficient (Wildman–Crippen LogP) is 10.0. The van der Waals surface area contributed by atoms with Gasteiger partial charge in [-0.2, -0.15) is 0 Å². The molecular weight excluding hydrogens is 488 g/mol. The highest BCUT2D eigenvalue weighted by atomic mass is 16.5. The molecule has 0 aromatic carbocycles. The molecule has 0 atom stereocenters. The quantitative estimate of drug-likeness (QED) is 0.0706. The van der Waals surface area contributed by atoms with Crippen LogP contribution in [0.1, 0.15) is 188 Å². The molecule has 0 radical (unpaired) electrons. The van der Waals surface area contributed by atoms with E-state index in [9.17, 15) is 14.7 Å². The number of carbonyl (C=O) groups is 2. The van der Waals surface area contributed by atoms with Gasteiger partial charge in [-0.1, -0.05) is 142 Å². The molecule has 1 N–H and O–H groups in total. The molecule has 0 aromatic rings. The van der Waals surface area contributed by atoms with E-state index in [0.717, 1.165) is 25.7 Å². The molecule has 0 aliphatic carbocycles. The van der Waals surface area contributed by atoms with Gasteiger partial charge in [-0.15, -0.1) is 0 Å². The fraction of sp³-hybridized carbons (Fsp3) is 0.941. The monoisotopic (exact) mass is 554 g/mol. The number of carbonyl (C=O) groups excluding carboxylic acids is 2. The van der Waals surface area contributed by atoms with Crippen molar-refractivity contribution in [2.24, 2.45) is 0 Å². The van der Waals surface area contributed by atoms with Gasteiger partial charge in [0.25, 0.3) is 0 Å². The van der Waals surface area contributed by atoms with Crippen LogP contribution < -0.4 is 0 Å². The molecule has 0 aliphatic rings. The number of hydrogen-bond donors (Lipinski definition) is 1. The first-order valence-electron chi connectivity index (χ1n) is 16.9. The maximum Gasteiger partial charge on any atom is 0.305 e. The van der Waals surface area contributed by atoms with Crippen LogP contribution in [0.3, 0.4) is 0 Å². The zero-order valence-electron chi connectivity index (χ0n) is 26.4. The second kappa shape index (κ2) is 28.4. The normalized spacial score (nSPS) is 11.6. The van der Waals surface area contributed by atoms with Crippen LogP contribution in [0.2, 0.25) is 0 Å². The lowest BCUT2D eigenvalue weighted by atomic mass is 9.99. The molecule has 0 aliphatic heterocycles. The molecule has 0 unspecified atom stereocenters. The summed E-state index contributed by atoms with van der Waals surface area (Å²) >= 11 is 0. The van der Waals surface area contributed by atoms with E-state index in [1.807, 2.05) is 0 Å². The number of esters is 2. The molecule has 0 amide bonds. The molecule has 0 heterocycles. The summed E-state index contributed by atoms with van der Waals surface area (Å²) in [5.74, 6) is -0.361. The first kappa shape index (κ1) is 37.9. The van der Waals surface area contributed by atoms with Crippen molar-refractivity contribution >= 4 is 11.9 Å². The maximum atomic E-state index is 12.0. The Morgan fingerprint density at radius 2 is 0.744 bits per heavy atom. The topological polar surface area (TPSA) is 72.8 Å². The molecule has 0 spiro atoms. The van der Waals surface area contributed by atoms with Crippen LogP contribution in [0, 0.1) is 0 Å². The van der Waals surface area contributed by atoms with Crippen LogP contribution >= 0.6 is 0 Å². The van der Waals surface area contributed by atoms with E-state index in [0.29, 0.717) is 25.7 Å². The molecule has 0 bridgehead atoms. The average molecular weight is 555 g/mol. The molecular formula is C34H66O5. The van der Waals surface area contributed by atoms with Crippen LogP contribution in [0.15, 0.2) is 0 Å². The van der Waals surface area contributed by atoms with Gasteiger partial charge in [0.15, 0.2) is 0 Å². The zero-order chi connectivity index (χ0) is 28.9. The Balaban J connectivity index is 3.54. The molecule has 232 valence electrons. The summed E-state index contributed by atoms with van der Waals surface area (Å²) in [6, 6.07) is 0. The Morgan fingerprint density at radius 1 is 0.487 bits per heavy atom. The Morgan fingerprint density at radius 3 is 1.03 bits per heavy atom. The first-order chi connectivity index (χ1) is 18.9. The van der Waals surface area contributed by atoms with Gasteiger partial charge in [-0.05, 0) is 19.8 Å². The molecule has 0 aromatic heterocycles. The van der Waals surface area contributed by atoms with Crippen molar-refractivity contribution in [3.8, 4) is 0 Å². The van der Waals surface area contributed by atoms with Crippen molar-refractivity contribution in [3.63, 3.8) is 0 Å². The standard InChI is InChI=1S/C34H66O5/c1-4-6-8-10-12-14-16-18-20-22-24-26-32(35)38-30-28-34(3,37)29-31-39-33(36)27-25-23-21-19-17-15-13-11-9-7-5-2/h37H,4-31H2,1-3H3. The minimum absolute atomic E-state index is 0.180. The van der Waals surface area contributed by atoms with Gasteiger partial charge >= 0.3 is 11.9 Å². The van der Waals surface area contributed by atoms with Gasteiger partial charge in [-0.25, -0.2) is 0 Å². The highest BCUT2D eigenvalue weighted by molar-refractivity contribution is 5.69. The van der Waals surface area contributed by atoms with Crippen molar-refractivity contribution < 1.29 is 24.2 Å². The number of ether oxygens (including phenoxy) is 2. The zero-order valence-corrected chi connectivity index (χ0v) is 26.4. The summed E-state index contributed by atoms with van der Waals surface area (Å²) in [5.41, 5.74) is -1.01. The van der Waals surface area contributed by atoms with E-state index in [1.165, 1.54) is 116 Å². The van der Waals surface area contributed by atoms with E-state index >= 15 is 0 Å². The summed E-state index contributed by atoms with van der Waals surface area (Å²) < 4.78 is 10.6. The molecule has 5 nitrogen and oxygen atoms in total. The Labute approximate surface area is 242 Å². The summed E-state index contributed by atoms with van der Waals surface area (Å²) in [6.07, 6.45) is 29.3. The predicted molar refractivity (Wildman–Crippen MR) is 164 cm³/mol. The van der Waals surface area contributed by atoms with Crippen LogP contribution in [0.25, 0.3) is 0 Å². The van der Waals surface area contributed by atoms with Crippen molar-refractivity contribution in [2.45, 2.75) is 193 Å². The van der Waals surface area contributed by atoms with Gasteiger partial charge in [-0.3, -0.25) is 9.59 Å². The number of hydrogen-bond acceptors (Lipinski definition) is 5. The Hall–Kier alpha value is -1.10. The molecule has 5 heteroatoms. The van der Waals surface area contributed by atoms with Crippen LogP contribution in [-0.2, 0) is 19.1 Å². The van der Waals surface area contributed by atoms with Gasteiger partial charge in [0.2, 0.25) is 0 Å². The minimum atomic E-state index is -1.01. The summed E-state index contributed by atoms with van der Waals surface area (Å²) in [5, 5.41) is 10.5. The fourth-order valence-corrected chi connectivity index (χ4v) is 4.91. The molecule has 0 saturated carbocycles. The maximum absolute atomic E-state index is 12.0. The fourth-order valence-electron chi connectivity index (χ4n) is 4.91. The molecule has 39 heavy (non-hydrogen) atoms. The minimum Gasteiger partial charge on any atom is -0.466 e. The summed E-state index contributed by atoms with van der Waals surface area (Å²) in [7, 11) is 0. The number of unbranched alkanes of at least 4 members (excludes halogenated alkanes) is 20. The molecule has 0 rings (SSSR count). The summed E-state index contributed by atoms with van der Waals surface area (Å²) in [4.78, 5) is 23.9. The highest BCUT2D eigenvalue weighted by Gasteiger charge is 2.21. The molecule has 0 fully saturated rings. The van der Waals surface area contributed by atoms with Crippen molar-refractivity contribution in [3.05, 3.63) is 0 Å². The lowest BCUT2D eigenvalue weighted by Gasteiger charge is -2.22. The van der Waals surface area contributed by atoms with Crippen molar-refractivity contribution in [1.82, 2.24) is 0 Å². The largest absolute Gasteiger partial charge is 0.466 e. The van der Waals surface area contributed by atoms with Crippen LogP contribution in [-0.4, -0.2) is 35.9 Å². The Bertz CT molecular complexity index is 500. The third kappa shape index (κ3) is 29.7. The van der Waals surface area contributed by atoms with E-state index in [1.54, 1.807) is 6.92 Å². The lowest BCUT2D eigenvalue weighted by Crippen LogP contribution is -2.29. The van der Waals surface area contributed by atoms with E-state index < -0.39 is 5.60 Å². The summed E-state index contributed by atoms with van der Waals surface area (Å²) in [6.45, 7) is 6.62. The SMILES string of the molecule is CCCCCCCCCCCCCC(=O)OCCC(C)(O)CCOC(=O)CCCCCCCCCCCCC. The number of rotatable bonds is 30. The van der Waals surface area contributed by atoms with Gasteiger partial charge in [0.05, 0.1) is 18.8 Å². The molecule has 0 saturated heterocycles. The first-order valence-corrected chi connectivity index (χ1v) is 16.9. The average Bonchev–Trinajstić information content (AvgIpc) is 2.90. The van der Waals surface area contributed by atoms with Gasteiger partial charge in [0, 0.05) is 25.7 Å². The third-order valence-electron chi connectivity index (χ3n) is 7.78. The number of aliphatic hydroxyl groups is 1. The Kier molecular flexibility index (Phi) is 27.6. The van der Waals surface area contributed by atoms with Crippen molar-refractivity contribution in [2.75, 3.05) is 13.2 Å². The highest BCUT2D eigenvalue weighted by Crippen LogP contribution is 2.17. The van der Waals surface area contributed by atoms with E-state index in [4.69, 9.17) is 9.47 Å². The van der Waals surface area contributed by atoms with E-state index in [2.05, 4.69) is 13.8 Å². The third-order valence-corrected chi connectivity index (χ3v) is 7.78.